The maximum absolute atomic E-state index is 12.6. The maximum atomic E-state index is 12.6. The van der Waals surface area contributed by atoms with Crippen molar-refractivity contribution < 1.29 is 14.0 Å². The van der Waals surface area contributed by atoms with Crippen LogP contribution in [0.15, 0.2) is 4.42 Å². The number of hydrogen-bond acceptors (Lipinski definition) is 5. The molecule has 0 bridgehead atoms. The molecule has 27 heavy (non-hydrogen) atoms. The highest BCUT2D eigenvalue weighted by Crippen LogP contribution is 2.38. The van der Waals surface area contributed by atoms with Crippen LogP contribution in [0, 0.1) is 12.3 Å². The standard InChI is InChI=1S/C21H26N2O3S/c1-12-18-14(24)10-21(2,3)11-15(18)26-19(12)20(25)22-9-8-17-23-13-6-4-5-7-16(13)27-17/h4-11H2,1-3H3,(H,22,25). The van der Waals surface area contributed by atoms with Gasteiger partial charge in [-0.1, -0.05) is 13.8 Å². The Morgan fingerprint density at radius 1 is 1.26 bits per heavy atom. The molecule has 144 valence electrons. The molecule has 0 unspecified atom stereocenters. The minimum atomic E-state index is -0.242. The highest BCUT2D eigenvalue weighted by Gasteiger charge is 2.37. The third-order valence-electron chi connectivity index (χ3n) is 5.50. The number of hydrogen-bond donors (Lipinski definition) is 1. The molecule has 0 saturated heterocycles. The van der Waals surface area contributed by atoms with Gasteiger partial charge in [-0.25, -0.2) is 4.98 Å². The number of amides is 1. The van der Waals surface area contributed by atoms with Crippen LogP contribution in [0.25, 0.3) is 0 Å². The molecule has 6 heteroatoms. The Bertz CT molecular complexity index is 883. The van der Waals surface area contributed by atoms with Gasteiger partial charge in [-0.3, -0.25) is 9.59 Å². The first-order valence-electron chi connectivity index (χ1n) is 9.75. The second-order valence-corrected chi connectivity index (χ2v) is 9.65. The Balaban J connectivity index is 1.42. The van der Waals surface area contributed by atoms with Crippen LogP contribution < -0.4 is 5.32 Å². The van der Waals surface area contributed by atoms with Gasteiger partial charge >= 0.3 is 0 Å². The molecule has 0 saturated carbocycles. The van der Waals surface area contributed by atoms with Gasteiger partial charge in [-0.05, 0) is 38.0 Å². The number of aromatic nitrogens is 1. The van der Waals surface area contributed by atoms with Crippen molar-refractivity contribution >= 4 is 23.0 Å². The van der Waals surface area contributed by atoms with Gasteiger partial charge in [0.1, 0.15) is 5.76 Å². The minimum absolute atomic E-state index is 0.0786. The van der Waals surface area contributed by atoms with Crippen molar-refractivity contribution in [1.29, 1.82) is 0 Å². The van der Waals surface area contributed by atoms with Crippen LogP contribution in [0.2, 0.25) is 0 Å². The number of thiazole rings is 1. The lowest BCUT2D eigenvalue weighted by atomic mass is 9.76. The number of nitrogens with zero attached hydrogens (tertiary/aromatic N) is 1. The normalized spacial score (nSPS) is 18.1. The summed E-state index contributed by atoms with van der Waals surface area (Å²) in [6.45, 7) is 6.44. The molecule has 1 amide bonds. The topological polar surface area (TPSA) is 72.2 Å². The average Bonchev–Trinajstić information content (AvgIpc) is 3.14. The fourth-order valence-electron chi connectivity index (χ4n) is 4.18. The SMILES string of the molecule is Cc1c(C(=O)NCCc2nc3c(s2)CCCC3)oc2c1C(=O)CC(C)(C)C2. The molecule has 2 aliphatic carbocycles. The van der Waals surface area contributed by atoms with Crippen molar-refractivity contribution in [1.82, 2.24) is 10.3 Å². The monoisotopic (exact) mass is 386 g/mol. The number of ketones is 1. The van der Waals surface area contributed by atoms with Crippen LogP contribution >= 0.6 is 11.3 Å². The second kappa shape index (κ2) is 6.89. The molecule has 5 nitrogen and oxygen atoms in total. The van der Waals surface area contributed by atoms with Crippen LogP contribution in [-0.4, -0.2) is 23.2 Å². The lowest BCUT2D eigenvalue weighted by Crippen LogP contribution is -2.26. The highest BCUT2D eigenvalue weighted by molar-refractivity contribution is 7.11. The molecule has 2 aromatic rings. The zero-order valence-electron chi connectivity index (χ0n) is 16.2. The molecule has 0 atom stereocenters. The predicted molar refractivity (Wildman–Crippen MR) is 105 cm³/mol. The van der Waals surface area contributed by atoms with Crippen LogP contribution in [-0.2, 0) is 25.7 Å². The minimum Gasteiger partial charge on any atom is -0.455 e. The summed E-state index contributed by atoms with van der Waals surface area (Å²) < 4.78 is 5.83. The van der Waals surface area contributed by atoms with Crippen LogP contribution in [0.4, 0.5) is 0 Å². The average molecular weight is 387 g/mol. The fraction of sp³-hybridized carbons (Fsp3) is 0.571. The maximum Gasteiger partial charge on any atom is 0.287 e. The van der Waals surface area contributed by atoms with E-state index in [-0.39, 0.29) is 22.9 Å². The predicted octanol–water partition coefficient (Wildman–Crippen LogP) is 4.05. The number of carbonyl (C=O) groups excluding carboxylic acids is 2. The molecule has 0 aliphatic heterocycles. The smallest absolute Gasteiger partial charge is 0.287 e. The summed E-state index contributed by atoms with van der Waals surface area (Å²) in [4.78, 5) is 31.2. The van der Waals surface area contributed by atoms with Crippen molar-refractivity contribution in [2.75, 3.05) is 6.54 Å². The number of rotatable bonds is 4. The quantitative estimate of drug-likeness (QED) is 0.860. The number of aryl methyl sites for hydroxylation is 2. The van der Waals surface area contributed by atoms with Crippen molar-refractivity contribution in [2.24, 2.45) is 5.41 Å². The van der Waals surface area contributed by atoms with E-state index in [1.165, 1.54) is 23.4 Å². The molecule has 1 N–H and O–H groups in total. The van der Waals surface area contributed by atoms with E-state index in [4.69, 9.17) is 9.40 Å². The Kier molecular flexibility index (Phi) is 4.70. The van der Waals surface area contributed by atoms with Gasteiger partial charge in [0.2, 0.25) is 0 Å². The van der Waals surface area contributed by atoms with E-state index >= 15 is 0 Å². The van der Waals surface area contributed by atoms with Gasteiger partial charge in [-0.15, -0.1) is 11.3 Å². The largest absolute Gasteiger partial charge is 0.455 e. The molecule has 0 aromatic carbocycles. The van der Waals surface area contributed by atoms with Crippen molar-refractivity contribution in [3.05, 3.63) is 38.2 Å². The third kappa shape index (κ3) is 3.59. The lowest BCUT2D eigenvalue weighted by Gasteiger charge is -2.27. The molecule has 2 heterocycles. The summed E-state index contributed by atoms with van der Waals surface area (Å²) in [5, 5.41) is 4.03. The number of nitrogens with one attached hydrogen (secondary N) is 1. The second-order valence-electron chi connectivity index (χ2n) is 8.49. The van der Waals surface area contributed by atoms with E-state index in [2.05, 4.69) is 19.2 Å². The summed E-state index contributed by atoms with van der Waals surface area (Å²) in [6, 6.07) is 0. The molecule has 0 radical (unpaired) electrons. The third-order valence-corrected chi connectivity index (χ3v) is 6.71. The fourth-order valence-corrected chi connectivity index (χ4v) is 5.33. The molecule has 4 rings (SSSR count). The lowest BCUT2D eigenvalue weighted by molar-refractivity contribution is 0.0889. The zero-order chi connectivity index (χ0) is 19.2. The van der Waals surface area contributed by atoms with E-state index in [9.17, 15) is 9.59 Å². The number of furan rings is 1. The Morgan fingerprint density at radius 2 is 2.04 bits per heavy atom. The molecular formula is C21H26N2O3S. The van der Waals surface area contributed by atoms with Crippen molar-refractivity contribution in [2.45, 2.75) is 65.7 Å². The first-order chi connectivity index (χ1) is 12.8. The summed E-state index contributed by atoms with van der Waals surface area (Å²) in [6.07, 6.45) is 6.62. The molecule has 2 aliphatic rings. The first-order valence-corrected chi connectivity index (χ1v) is 10.6. The van der Waals surface area contributed by atoms with Crippen LogP contribution in [0.3, 0.4) is 0 Å². The zero-order valence-corrected chi connectivity index (χ0v) is 17.1. The van der Waals surface area contributed by atoms with Crippen molar-refractivity contribution in [3.8, 4) is 0 Å². The summed E-state index contributed by atoms with van der Waals surface area (Å²) in [5.41, 5.74) is 2.43. The number of carbonyl (C=O) groups is 2. The van der Waals surface area contributed by atoms with Gasteiger partial charge < -0.3 is 9.73 Å². The molecular weight excluding hydrogens is 360 g/mol. The van der Waals surface area contributed by atoms with Gasteiger partial charge in [0, 0.05) is 36.2 Å². The Hall–Kier alpha value is -1.95. The molecule has 0 fully saturated rings. The van der Waals surface area contributed by atoms with Gasteiger partial charge in [0.05, 0.1) is 16.3 Å². The van der Waals surface area contributed by atoms with Crippen LogP contribution in [0.5, 0.6) is 0 Å². The van der Waals surface area contributed by atoms with Gasteiger partial charge in [0.15, 0.2) is 11.5 Å². The first kappa shape index (κ1) is 18.4. The Morgan fingerprint density at radius 3 is 2.81 bits per heavy atom. The highest BCUT2D eigenvalue weighted by atomic mass is 32.1. The van der Waals surface area contributed by atoms with Crippen molar-refractivity contribution in [3.63, 3.8) is 0 Å². The van der Waals surface area contributed by atoms with E-state index in [1.807, 2.05) is 6.92 Å². The summed E-state index contributed by atoms with van der Waals surface area (Å²) >= 11 is 1.78. The van der Waals surface area contributed by atoms with E-state index in [0.29, 0.717) is 36.3 Å². The number of fused-ring (bicyclic) bond motifs is 2. The van der Waals surface area contributed by atoms with Gasteiger partial charge in [-0.2, -0.15) is 0 Å². The summed E-state index contributed by atoms with van der Waals surface area (Å²) in [7, 11) is 0. The van der Waals surface area contributed by atoms with E-state index < -0.39 is 0 Å². The van der Waals surface area contributed by atoms with Crippen LogP contribution in [0.1, 0.15) is 80.9 Å². The van der Waals surface area contributed by atoms with Gasteiger partial charge in [0.25, 0.3) is 5.91 Å². The Labute approximate surface area is 163 Å². The number of Topliss-reactive ketones (excluding diaryl/α,β-unsaturated/α-hetero) is 1. The summed E-state index contributed by atoms with van der Waals surface area (Å²) in [5.74, 6) is 0.778. The van der Waals surface area contributed by atoms with E-state index in [0.717, 1.165) is 24.3 Å². The molecule has 2 aromatic heterocycles. The molecule has 0 spiro atoms. The van der Waals surface area contributed by atoms with E-state index in [1.54, 1.807) is 11.3 Å².